The van der Waals surface area contributed by atoms with Crippen LogP contribution >= 0.6 is 11.6 Å². The maximum Gasteiger partial charge on any atom is 0.197 e. The molecule has 84 valence electrons. The molecule has 0 aliphatic carbocycles. The first-order valence-corrected chi connectivity index (χ1v) is 8.39. The molecular formula is C15H13ClSi. The maximum atomic E-state index is 5.66. The van der Waals surface area contributed by atoms with Gasteiger partial charge < -0.3 is 0 Å². The van der Waals surface area contributed by atoms with Gasteiger partial charge in [-0.15, -0.1) is 5.54 Å². The molecular weight excluding hydrogens is 244 g/mol. The molecule has 0 unspecified atom stereocenters. The van der Waals surface area contributed by atoms with Gasteiger partial charge in [-0.3, -0.25) is 0 Å². The van der Waals surface area contributed by atoms with E-state index in [1.165, 1.54) is 10.4 Å². The molecule has 0 aliphatic rings. The highest BCUT2D eigenvalue weighted by Crippen LogP contribution is 2.04. The normalized spacial score (nSPS) is 10.5. The largest absolute Gasteiger partial charge is 0.197 e. The van der Waals surface area contributed by atoms with Gasteiger partial charge >= 0.3 is 0 Å². The molecule has 2 aromatic carbocycles. The Morgan fingerprint density at radius 1 is 0.824 bits per heavy atom. The molecule has 2 aromatic rings. The average Bonchev–Trinajstić information content (AvgIpc) is 2.41. The van der Waals surface area contributed by atoms with Crippen LogP contribution in [-0.4, -0.2) is 8.07 Å². The molecule has 0 fully saturated rings. The molecule has 0 saturated carbocycles. The van der Waals surface area contributed by atoms with Gasteiger partial charge in [0.25, 0.3) is 0 Å². The van der Waals surface area contributed by atoms with Crippen LogP contribution in [0.2, 0.25) is 6.55 Å². The summed E-state index contributed by atoms with van der Waals surface area (Å²) >= 11 is 5.66. The topological polar surface area (TPSA) is 0 Å². The quantitative estimate of drug-likeness (QED) is 0.573. The van der Waals surface area contributed by atoms with E-state index in [1.54, 1.807) is 0 Å². The van der Waals surface area contributed by atoms with Crippen LogP contribution in [-0.2, 0) is 0 Å². The lowest BCUT2D eigenvalue weighted by atomic mass is 10.4. The second kappa shape index (κ2) is 5.22. The molecule has 0 N–H and O–H groups in total. The third-order valence-corrected chi connectivity index (χ3v) is 6.85. The molecule has 0 spiro atoms. The van der Waals surface area contributed by atoms with Crippen molar-refractivity contribution in [1.82, 2.24) is 0 Å². The Hall–Kier alpha value is -1.49. The van der Waals surface area contributed by atoms with Crippen molar-refractivity contribution in [3.05, 3.63) is 60.7 Å². The zero-order valence-electron chi connectivity index (χ0n) is 9.65. The number of hydrogen-bond donors (Lipinski definition) is 0. The van der Waals surface area contributed by atoms with E-state index < -0.39 is 8.07 Å². The Kier molecular flexibility index (Phi) is 3.68. The first kappa shape index (κ1) is 12.0. The van der Waals surface area contributed by atoms with E-state index in [-0.39, 0.29) is 0 Å². The monoisotopic (exact) mass is 256 g/mol. The minimum absolute atomic E-state index is 1.29. The minimum atomic E-state index is -1.99. The summed E-state index contributed by atoms with van der Waals surface area (Å²) in [7, 11) is -1.99. The van der Waals surface area contributed by atoms with Crippen LogP contribution in [0.4, 0.5) is 0 Å². The van der Waals surface area contributed by atoms with E-state index in [9.17, 15) is 0 Å². The number of halogens is 1. The van der Waals surface area contributed by atoms with Crippen LogP contribution in [0.5, 0.6) is 0 Å². The molecule has 0 aromatic heterocycles. The van der Waals surface area contributed by atoms with Crippen LogP contribution < -0.4 is 10.4 Å². The zero-order valence-corrected chi connectivity index (χ0v) is 11.4. The minimum Gasteiger partial charge on any atom is -0.103 e. The van der Waals surface area contributed by atoms with Gasteiger partial charge in [0, 0.05) is 0 Å². The summed E-state index contributed by atoms with van der Waals surface area (Å²) in [5, 5.41) is 5.17. The van der Waals surface area contributed by atoms with Gasteiger partial charge in [-0.1, -0.05) is 67.2 Å². The summed E-state index contributed by atoms with van der Waals surface area (Å²) in [6.45, 7) is 2.23. The fraction of sp³-hybridized carbons (Fsp3) is 0.0667. The summed E-state index contributed by atoms with van der Waals surface area (Å²) in [5.74, 6) is 0. The molecule has 0 heterocycles. The van der Waals surface area contributed by atoms with Crippen molar-refractivity contribution in [3.8, 4) is 10.9 Å². The van der Waals surface area contributed by atoms with Gasteiger partial charge in [-0.25, -0.2) is 0 Å². The zero-order chi connectivity index (χ0) is 12.1. The number of rotatable bonds is 2. The lowest BCUT2D eigenvalue weighted by molar-refractivity contribution is 1.70. The lowest BCUT2D eigenvalue weighted by Gasteiger charge is -2.21. The van der Waals surface area contributed by atoms with Gasteiger partial charge in [0.2, 0.25) is 0 Å². The van der Waals surface area contributed by atoms with E-state index in [0.29, 0.717) is 0 Å². The number of benzene rings is 2. The van der Waals surface area contributed by atoms with Gasteiger partial charge in [-0.2, -0.15) is 0 Å². The summed E-state index contributed by atoms with van der Waals surface area (Å²) in [6.07, 6.45) is 0. The first-order valence-electron chi connectivity index (χ1n) is 5.51. The van der Waals surface area contributed by atoms with Crippen molar-refractivity contribution in [3.63, 3.8) is 0 Å². The third kappa shape index (κ3) is 2.44. The molecule has 2 rings (SSSR count). The SMILES string of the molecule is C[Si](C#CCl)(c1ccccc1)c1ccccc1. The Bertz CT molecular complexity index is 498. The second-order valence-electron chi connectivity index (χ2n) is 4.08. The Morgan fingerprint density at radius 2 is 1.24 bits per heavy atom. The fourth-order valence-corrected chi connectivity index (χ4v) is 5.04. The highest BCUT2D eigenvalue weighted by molar-refractivity contribution is 7.07. The van der Waals surface area contributed by atoms with Crippen LogP contribution in [0.25, 0.3) is 0 Å². The fourth-order valence-electron chi connectivity index (χ4n) is 1.95. The predicted molar refractivity (Wildman–Crippen MR) is 77.4 cm³/mol. The van der Waals surface area contributed by atoms with Crippen LogP contribution in [0.3, 0.4) is 0 Å². The van der Waals surface area contributed by atoms with Crippen molar-refractivity contribution in [2.45, 2.75) is 6.55 Å². The molecule has 2 heteroatoms. The van der Waals surface area contributed by atoms with Gasteiger partial charge in [0.1, 0.15) is 0 Å². The first-order chi connectivity index (χ1) is 8.27. The van der Waals surface area contributed by atoms with E-state index >= 15 is 0 Å². The maximum absolute atomic E-state index is 5.66. The second-order valence-corrected chi connectivity index (χ2v) is 7.92. The van der Waals surface area contributed by atoms with Gasteiger partial charge in [0.05, 0.1) is 0 Å². The highest BCUT2D eigenvalue weighted by atomic mass is 35.5. The number of hydrogen-bond acceptors (Lipinski definition) is 0. The van der Waals surface area contributed by atoms with E-state index in [2.05, 4.69) is 66.0 Å². The van der Waals surface area contributed by atoms with Crippen molar-refractivity contribution < 1.29 is 0 Å². The van der Waals surface area contributed by atoms with Crippen molar-refractivity contribution in [2.75, 3.05) is 0 Å². The third-order valence-electron chi connectivity index (χ3n) is 3.00. The molecule has 0 radical (unpaired) electrons. The van der Waals surface area contributed by atoms with Gasteiger partial charge in [-0.05, 0) is 27.4 Å². The molecule has 0 saturated heterocycles. The molecule has 0 bridgehead atoms. The van der Waals surface area contributed by atoms with Crippen LogP contribution in [0, 0.1) is 10.9 Å². The summed E-state index contributed by atoms with van der Waals surface area (Å²) < 4.78 is 0. The smallest absolute Gasteiger partial charge is 0.103 e. The van der Waals surface area contributed by atoms with Crippen molar-refractivity contribution in [2.24, 2.45) is 0 Å². The molecule has 17 heavy (non-hydrogen) atoms. The molecule has 0 atom stereocenters. The summed E-state index contributed by atoms with van der Waals surface area (Å²) in [4.78, 5) is 0. The van der Waals surface area contributed by atoms with Crippen molar-refractivity contribution in [1.29, 1.82) is 0 Å². The van der Waals surface area contributed by atoms with Crippen LogP contribution in [0.1, 0.15) is 0 Å². The highest BCUT2D eigenvalue weighted by Gasteiger charge is 2.29. The molecule has 0 nitrogen and oxygen atoms in total. The standard InChI is InChI=1S/C15H13ClSi/c1-17(13-12-16,14-8-4-2-5-9-14)15-10-6-3-7-11-15/h2-11H,1H3. The summed E-state index contributed by atoms with van der Waals surface area (Å²) in [6, 6.07) is 20.8. The Labute approximate surface area is 108 Å². The van der Waals surface area contributed by atoms with Gasteiger partial charge in [0.15, 0.2) is 8.07 Å². The van der Waals surface area contributed by atoms with E-state index in [4.69, 9.17) is 11.6 Å². The van der Waals surface area contributed by atoms with Crippen molar-refractivity contribution >= 4 is 30.0 Å². The Morgan fingerprint density at radius 3 is 1.59 bits per heavy atom. The predicted octanol–water partition coefficient (Wildman–Crippen LogP) is 2.62. The van der Waals surface area contributed by atoms with E-state index in [0.717, 1.165) is 0 Å². The molecule has 0 aliphatic heterocycles. The Balaban J connectivity index is 2.58. The van der Waals surface area contributed by atoms with E-state index in [1.807, 2.05) is 12.1 Å². The lowest BCUT2D eigenvalue weighted by Crippen LogP contribution is -2.54. The summed E-state index contributed by atoms with van der Waals surface area (Å²) in [5.41, 5.74) is 3.25. The average molecular weight is 257 g/mol. The van der Waals surface area contributed by atoms with Crippen LogP contribution in [0.15, 0.2) is 60.7 Å². The molecule has 0 amide bonds.